The Hall–Kier alpha value is -2.96. The van der Waals surface area contributed by atoms with Gasteiger partial charge in [0.2, 0.25) is 0 Å². The highest BCUT2D eigenvalue weighted by Crippen LogP contribution is 2.36. The minimum Gasteiger partial charge on any atom is -0.450 e. The first kappa shape index (κ1) is 22.7. The number of ether oxygens (including phenoxy) is 2. The molecular weight excluding hydrogens is 418 g/mol. The Bertz CT molecular complexity index is 1100. The lowest BCUT2D eigenvalue weighted by atomic mass is 10.1. The van der Waals surface area contributed by atoms with Crippen molar-refractivity contribution in [1.82, 2.24) is 9.55 Å². The maximum Gasteiger partial charge on any atom is 0.198 e. The Kier molecular flexibility index (Phi) is 6.93. The van der Waals surface area contributed by atoms with Crippen LogP contribution in [0.15, 0.2) is 30.6 Å². The van der Waals surface area contributed by atoms with E-state index < -0.39 is 25.5 Å². The molecule has 0 atom stereocenters. The van der Waals surface area contributed by atoms with Crippen molar-refractivity contribution in [3.8, 4) is 17.6 Å². The molecule has 0 aliphatic rings. The summed E-state index contributed by atoms with van der Waals surface area (Å²) in [4.78, 5) is 4.42. The van der Waals surface area contributed by atoms with Crippen LogP contribution in [-0.2, 0) is 17.9 Å². The number of aryl methyl sites for hydroxylation is 1. The molecule has 31 heavy (non-hydrogen) atoms. The molecule has 0 amide bonds. The lowest BCUT2D eigenvalue weighted by Gasteiger charge is -2.15. The molecule has 0 spiro atoms. The van der Waals surface area contributed by atoms with Crippen molar-refractivity contribution in [1.29, 1.82) is 5.26 Å². The molecule has 2 heterocycles. The maximum absolute atomic E-state index is 14.3. The van der Waals surface area contributed by atoms with Crippen LogP contribution in [0.5, 0.6) is 11.5 Å². The van der Waals surface area contributed by atoms with E-state index in [1.165, 1.54) is 6.20 Å². The Morgan fingerprint density at radius 3 is 2.58 bits per heavy atom. The predicted octanol–water partition coefficient (Wildman–Crippen LogP) is 5.46. The van der Waals surface area contributed by atoms with E-state index in [4.69, 9.17) is 20.5 Å². The van der Waals surface area contributed by atoms with E-state index in [0.29, 0.717) is 24.1 Å². The number of hydrogen-bond donors (Lipinski definition) is 1. The molecule has 1 aromatic carbocycles. The Morgan fingerprint density at radius 1 is 1.23 bits per heavy atom. The molecule has 2 N–H and O–H groups in total. The molecule has 0 fully saturated rings. The van der Waals surface area contributed by atoms with Gasteiger partial charge >= 0.3 is 0 Å². The van der Waals surface area contributed by atoms with Gasteiger partial charge in [0.15, 0.2) is 17.4 Å². The number of halogens is 2. The van der Waals surface area contributed by atoms with Crippen molar-refractivity contribution in [3.63, 3.8) is 0 Å². The largest absolute Gasteiger partial charge is 0.450 e. The van der Waals surface area contributed by atoms with Gasteiger partial charge in [-0.2, -0.15) is 5.26 Å². The van der Waals surface area contributed by atoms with Crippen LogP contribution in [0.4, 0.5) is 14.5 Å². The molecule has 0 aliphatic carbocycles. The van der Waals surface area contributed by atoms with Crippen LogP contribution >= 0.6 is 0 Å². The van der Waals surface area contributed by atoms with Gasteiger partial charge < -0.3 is 19.8 Å². The number of benzene rings is 1. The molecule has 0 radical (unpaired) electrons. The van der Waals surface area contributed by atoms with Crippen molar-refractivity contribution < 1.29 is 18.3 Å². The first-order valence-corrected chi connectivity index (χ1v) is 13.7. The van der Waals surface area contributed by atoms with Crippen molar-refractivity contribution >= 4 is 24.8 Å². The van der Waals surface area contributed by atoms with Gasteiger partial charge in [0.25, 0.3) is 0 Å². The van der Waals surface area contributed by atoms with Crippen molar-refractivity contribution in [2.45, 2.75) is 45.3 Å². The molecular formula is C22H26F2N4O2Si. The minimum absolute atomic E-state index is 0.0291. The van der Waals surface area contributed by atoms with Crippen LogP contribution in [-0.4, -0.2) is 24.2 Å². The molecule has 2 aromatic heterocycles. The first-order chi connectivity index (χ1) is 14.7. The molecule has 164 valence electrons. The quantitative estimate of drug-likeness (QED) is 0.269. The number of anilines is 1. The van der Waals surface area contributed by atoms with E-state index in [2.05, 4.69) is 30.7 Å². The zero-order valence-corrected chi connectivity index (χ0v) is 18.9. The second-order valence-electron chi connectivity index (χ2n) is 8.55. The third-order valence-corrected chi connectivity index (χ3v) is 6.47. The smallest absolute Gasteiger partial charge is 0.198 e. The average Bonchev–Trinajstić information content (AvgIpc) is 3.04. The van der Waals surface area contributed by atoms with Gasteiger partial charge in [-0.25, -0.2) is 13.8 Å². The van der Waals surface area contributed by atoms with Crippen molar-refractivity contribution in [2.24, 2.45) is 0 Å². The number of hydrogen-bond acceptors (Lipinski definition) is 5. The highest BCUT2D eigenvalue weighted by atomic mass is 28.3. The summed E-state index contributed by atoms with van der Waals surface area (Å²) in [5.41, 5.74) is 6.82. The van der Waals surface area contributed by atoms with Crippen LogP contribution in [0.1, 0.15) is 12.0 Å². The number of nitrogen functional groups attached to an aromatic ring is 1. The van der Waals surface area contributed by atoms with Crippen LogP contribution in [0.3, 0.4) is 0 Å². The van der Waals surface area contributed by atoms with E-state index in [1.807, 2.05) is 10.8 Å². The number of pyridine rings is 1. The summed E-state index contributed by atoms with van der Waals surface area (Å²) in [6.07, 6.45) is 4.10. The summed E-state index contributed by atoms with van der Waals surface area (Å²) < 4.78 is 41.9. The lowest BCUT2D eigenvalue weighted by molar-refractivity contribution is 0.0898. The van der Waals surface area contributed by atoms with E-state index >= 15 is 0 Å². The van der Waals surface area contributed by atoms with Gasteiger partial charge in [0.05, 0.1) is 11.5 Å². The van der Waals surface area contributed by atoms with Gasteiger partial charge in [0.1, 0.15) is 18.1 Å². The average molecular weight is 445 g/mol. The normalized spacial score (nSPS) is 11.6. The molecule has 0 saturated heterocycles. The van der Waals surface area contributed by atoms with Gasteiger partial charge in [-0.05, 0) is 24.1 Å². The van der Waals surface area contributed by atoms with Crippen molar-refractivity contribution in [2.75, 3.05) is 12.3 Å². The molecule has 0 unspecified atom stereocenters. The van der Waals surface area contributed by atoms with E-state index in [0.717, 1.165) is 23.7 Å². The Labute approximate surface area is 181 Å². The van der Waals surface area contributed by atoms with Gasteiger partial charge in [0, 0.05) is 51.3 Å². The minimum atomic E-state index is -1.21. The molecule has 0 saturated carbocycles. The van der Waals surface area contributed by atoms with Gasteiger partial charge in [-0.15, -0.1) is 0 Å². The first-order valence-electron chi connectivity index (χ1n) is 10.0. The molecule has 0 bridgehead atoms. The molecule has 3 aromatic rings. The number of nitriles is 1. The van der Waals surface area contributed by atoms with E-state index in [9.17, 15) is 8.78 Å². The second-order valence-corrected chi connectivity index (χ2v) is 14.2. The van der Waals surface area contributed by atoms with Crippen LogP contribution in [0, 0.1) is 23.0 Å². The molecule has 0 aliphatic heterocycles. The fourth-order valence-corrected chi connectivity index (χ4v) is 3.92. The van der Waals surface area contributed by atoms with Crippen LogP contribution < -0.4 is 10.5 Å². The Morgan fingerprint density at radius 2 is 1.94 bits per heavy atom. The summed E-state index contributed by atoms with van der Waals surface area (Å²) in [6.45, 7) is 7.77. The fourth-order valence-electron chi connectivity index (χ4n) is 3.16. The Balaban J connectivity index is 1.96. The number of aromatic nitrogens is 2. The summed E-state index contributed by atoms with van der Waals surface area (Å²) in [5, 5.41) is 9.62. The number of rotatable bonds is 9. The highest BCUT2D eigenvalue weighted by molar-refractivity contribution is 6.76. The summed E-state index contributed by atoms with van der Waals surface area (Å²) in [6, 6.07) is 6.71. The van der Waals surface area contributed by atoms with Gasteiger partial charge in [-0.3, -0.25) is 0 Å². The van der Waals surface area contributed by atoms with Crippen LogP contribution in [0.25, 0.3) is 11.0 Å². The SMILES string of the molecule is C[Si](C)(C)CCOCn1cc(CCC#N)c2c(Oc3c(F)cc(N)cc3F)ccnc21. The standard InChI is InChI=1S/C22H26F2N4O2Si/c1-31(2,3)10-9-29-14-28-13-15(5-4-7-25)20-19(6-8-27-22(20)28)30-21-17(23)11-16(26)12-18(21)24/h6,8,11-13H,4-5,9-10,14,26H2,1-3H3. The zero-order valence-electron chi connectivity index (χ0n) is 17.9. The highest BCUT2D eigenvalue weighted by Gasteiger charge is 2.19. The molecule has 9 heteroatoms. The predicted molar refractivity (Wildman–Crippen MR) is 119 cm³/mol. The lowest BCUT2D eigenvalue weighted by Crippen LogP contribution is -2.22. The topological polar surface area (TPSA) is 86.1 Å². The third-order valence-electron chi connectivity index (χ3n) is 4.76. The third kappa shape index (κ3) is 5.60. The number of nitrogens with two attached hydrogens (primary N) is 1. The second kappa shape index (κ2) is 9.45. The zero-order chi connectivity index (χ0) is 22.6. The summed E-state index contributed by atoms with van der Waals surface area (Å²) in [5.74, 6) is -2.07. The number of fused-ring (bicyclic) bond motifs is 1. The fraction of sp³-hybridized carbons (Fsp3) is 0.364. The monoisotopic (exact) mass is 444 g/mol. The van der Waals surface area contributed by atoms with Crippen LogP contribution in [0.2, 0.25) is 25.7 Å². The maximum atomic E-state index is 14.3. The van der Waals surface area contributed by atoms with E-state index in [-0.39, 0.29) is 24.6 Å². The summed E-state index contributed by atoms with van der Waals surface area (Å²) in [7, 11) is -1.21. The molecule has 6 nitrogen and oxygen atoms in total. The number of nitrogens with zero attached hydrogens (tertiary/aromatic N) is 3. The van der Waals surface area contributed by atoms with E-state index in [1.54, 1.807) is 6.07 Å². The van der Waals surface area contributed by atoms with Gasteiger partial charge in [-0.1, -0.05) is 19.6 Å². The van der Waals surface area contributed by atoms with Crippen molar-refractivity contribution in [3.05, 3.63) is 47.8 Å². The summed E-state index contributed by atoms with van der Waals surface area (Å²) >= 11 is 0. The molecule has 3 rings (SSSR count).